The fourth-order valence-corrected chi connectivity index (χ4v) is 4.72. The van der Waals surface area contributed by atoms with Gasteiger partial charge in [0.25, 0.3) is 0 Å². The van der Waals surface area contributed by atoms with Crippen molar-refractivity contribution in [1.29, 1.82) is 0 Å². The lowest BCUT2D eigenvalue weighted by Gasteiger charge is -2.39. The molecule has 0 atom stereocenters. The van der Waals surface area contributed by atoms with Crippen LogP contribution >= 0.6 is 0 Å². The van der Waals surface area contributed by atoms with Crippen LogP contribution in [0.2, 0.25) is 18.1 Å². The second kappa shape index (κ2) is 6.73. The molecule has 0 aliphatic heterocycles. The Labute approximate surface area is 170 Å². The van der Waals surface area contributed by atoms with Gasteiger partial charge in [-0.15, -0.1) is 0 Å². The molecule has 1 N–H and O–H groups in total. The summed E-state index contributed by atoms with van der Waals surface area (Å²) in [5.74, 6) is -0.121. The maximum absolute atomic E-state index is 12.3. The molecule has 5 heteroatoms. The molecule has 28 heavy (non-hydrogen) atoms. The molecule has 1 aromatic carbocycles. The molecule has 4 nitrogen and oxygen atoms in total. The maximum Gasteiger partial charge on any atom is 0.316 e. The number of aromatic amines is 1. The number of carbonyl (C=O) groups excluding carboxylic acids is 1. The van der Waals surface area contributed by atoms with Crippen LogP contribution in [0, 0.1) is 0 Å². The van der Waals surface area contributed by atoms with Crippen LogP contribution in [-0.2, 0) is 24.8 Å². The number of hydrogen-bond acceptors (Lipinski definition) is 3. The summed E-state index contributed by atoms with van der Waals surface area (Å²) >= 11 is 0. The zero-order chi connectivity index (χ0) is 21.0. The molecule has 0 spiro atoms. The molecule has 1 fully saturated rings. The Morgan fingerprint density at radius 1 is 1.18 bits per heavy atom. The Hall–Kier alpha value is -1.59. The summed E-state index contributed by atoms with van der Waals surface area (Å²) in [5.41, 5.74) is 2.82. The fraction of sp³-hybridized carbons (Fsp3) is 0.609. The number of aromatic nitrogens is 1. The molecule has 0 saturated heterocycles. The van der Waals surface area contributed by atoms with Crippen LogP contribution in [0.3, 0.4) is 0 Å². The van der Waals surface area contributed by atoms with Crippen LogP contribution < -0.4 is 0 Å². The Bertz CT molecular complexity index is 885. The summed E-state index contributed by atoms with van der Waals surface area (Å²) in [4.78, 5) is 15.7. The number of nitrogens with one attached hydrogen (secondary N) is 1. The van der Waals surface area contributed by atoms with Gasteiger partial charge in [-0.25, -0.2) is 0 Å². The van der Waals surface area contributed by atoms with Crippen molar-refractivity contribution in [2.45, 2.75) is 76.4 Å². The molecule has 1 aromatic heterocycles. The van der Waals surface area contributed by atoms with Crippen molar-refractivity contribution in [3.63, 3.8) is 0 Å². The largest absolute Gasteiger partial charge is 0.468 e. The number of carbonyl (C=O) groups is 1. The fourth-order valence-electron chi connectivity index (χ4n) is 3.56. The van der Waals surface area contributed by atoms with Gasteiger partial charge in [-0.1, -0.05) is 40.7 Å². The zero-order valence-corrected chi connectivity index (χ0v) is 19.7. The highest BCUT2D eigenvalue weighted by Crippen LogP contribution is 2.50. The standard InChI is InChI=1S/C23H35NO3Si/c1-21(2,3)28(7,8)27-15-22(4,5)18-14-24-19-10-9-16(13-17(18)19)23(11-12-23)20(25)26-6/h9-10,13-14,24H,11-12,15H2,1-8H3. The van der Waals surface area contributed by atoms with Crippen LogP contribution in [0.15, 0.2) is 24.4 Å². The van der Waals surface area contributed by atoms with Gasteiger partial charge in [-0.2, -0.15) is 0 Å². The van der Waals surface area contributed by atoms with Crippen molar-refractivity contribution in [2.24, 2.45) is 0 Å². The van der Waals surface area contributed by atoms with Gasteiger partial charge < -0.3 is 14.1 Å². The van der Waals surface area contributed by atoms with Crippen LogP contribution in [-0.4, -0.2) is 33.0 Å². The normalized spacial score (nSPS) is 17.0. The van der Waals surface area contributed by atoms with E-state index in [9.17, 15) is 4.79 Å². The Morgan fingerprint density at radius 3 is 2.36 bits per heavy atom. The number of rotatable bonds is 6. The number of H-pyrrole nitrogens is 1. The third-order valence-corrected chi connectivity index (χ3v) is 11.4. The minimum atomic E-state index is -1.82. The quantitative estimate of drug-likeness (QED) is 0.501. The van der Waals surface area contributed by atoms with E-state index >= 15 is 0 Å². The molecule has 1 saturated carbocycles. The molecule has 0 radical (unpaired) electrons. The van der Waals surface area contributed by atoms with Gasteiger partial charge in [0.15, 0.2) is 8.32 Å². The molecule has 1 aliphatic carbocycles. The minimum absolute atomic E-state index is 0.121. The van der Waals surface area contributed by atoms with Crippen molar-refractivity contribution in [3.8, 4) is 0 Å². The van der Waals surface area contributed by atoms with E-state index in [1.54, 1.807) is 0 Å². The summed E-state index contributed by atoms with van der Waals surface area (Å²) in [6, 6.07) is 6.33. The molecule has 1 aliphatic rings. The van der Waals surface area contributed by atoms with Gasteiger partial charge in [0.2, 0.25) is 0 Å². The summed E-state index contributed by atoms with van der Waals surface area (Å²) in [6.45, 7) is 16.6. The van der Waals surface area contributed by atoms with Crippen LogP contribution in [0.4, 0.5) is 0 Å². The van der Waals surface area contributed by atoms with Crippen LogP contribution in [0.25, 0.3) is 10.9 Å². The van der Waals surface area contributed by atoms with Crippen molar-refractivity contribution in [2.75, 3.05) is 13.7 Å². The van der Waals surface area contributed by atoms with E-state index < -0.39 is 13.7 Å². The zero-order valence-electron chi connectivity index (χ0n) is 18.7. The number of benzene rings is 1. The first-order valence-corrected chi connectivity index (χ1v) is 13.1. The lowest BCUT2D eigenvalue weighted by molar-refractivity contribution is -0.143. The van der Waals surface area contributed by atoms with E-state index in [1.807, 2.05) is 0 Å². The lowest BCUT2D eigenvalue weighted by atomic mass is 9.84. The SMILES string of the molecule is COC(=O)C1(c2ccc3[nH]cc(C(C)(C)CO[Si](C)(C)C(C)(C)C)c3c2)CC1. The average Bonchev–Trinajstić information content (AvgIpc) is 3.31. The number of hydrogen-bond donors (Lipinski definition) is 1. The Balaban J connectivity index is 1.92. The van der Waals surface area contributed by atoms with E-state index in [0.29, 0.717) is 6.61 Å². The highest BCUT2D eigenvalue weighted by molar-refractivity contribution is 6.74. The molecule has 2 aromatic rings. The third kappa shape index (κ3) is 3.55. The molecule has 0 bridgehead atoms. The highest BCUT2D eigenvalue weighted by Gasteiger charge is 2.52. The van der Waals surface area contributed by atoms with Gasteiger partial charge in [0.1, 0.15) is 0 Å². The first-order valence-electron chi connectivity index (χ1n) is 10.2. The predicted octanol–water partition coefficient (Wildman–Crippen LogP) is 5.67. The van der Waals surface area contributed by atoms with Gasteiger partial charge in [0.05, 0.1) is 12.5 Å². The smallest absolute Gasteiger partial charge is 0.316 e. The second-order valence-electron chi connectivity index (χ2n) is 10.5. The lowest BCUT2D eigenvalue weighted by Crippen LogP contribution is -2.43. The number of methoxy groups -OCH3 is 1. The first-order chi connectivity index (χ1) is 12.8. The Kier molecular flexibility index (Phi) is 5.08. The molecular weight excluding hydrogens is 366 g/mol. The van der Waals surface area contributed by atoms with Crippen LogP contribution in [0.1, 0.15) is 58.6 Å². The summed E-state index contributed by atoms with van der Waals surface area (Å²) in [6.07, 6.45) is 3.83. The molecule has 1 heterocycles. The average molecular weight is 402 g/mol. The summed E-state index contributed by atoms with van der Waals surface area (Å²) in [5, 5.41) is 1.37. The van der Waals surface area contributed by atoms with E-state index in [1.165, 1.54) is 18.1 Å². The van der Waals surface area contributed by atoms with Gasteiger partial charge in [-0.3, -0.25) is 4.79 Å². The van der Waals surface area contributed by atoms with E-state index in [4.69, 9.17) is 9.16 Å². The third-order valence-electron chi connectivity index (χ3n) is 6.89. The number of esters is 1. The summed E-state index contributed by atoms with van der Waals surface area (Å²) < 4.78 is 11.6. The van der Waals surface area contributed by atoms with Crippen molar-refractivity contribution in [1.82, 2.24) is 4.98 Å². The molecule has 3 rings (SSSR count). The Morgan fingerprint density at radius 2 is 1.82 bits per heavy atom. The molecule has 0 unspecified atom stereocenters. The van der Waals surface area contributed by atoms with Gasteiger partial charge >= 0.3 is 5.97 Å². The van der Waals surface area contributed by atoms with Crippen LogP contribution in [0.5, 0.6) is 0 Å². The second-order valence-corrected chi connectivity index (χ2v) is 15.3. The van der Waals surface area contributed by atoms with Crippen molar-refractivity contribution in [3.05, 3.63) is 35.5 Å². The van der Waals surface area contributed by atoms with Gasteiger partial charge in [0, 0.05) is 29.1 Å². The minimum Gasteiger partial charge on any atom is -0.468 e. The predicted molar refractivity (Wildman–Crippen MR) is 117 cm³/mol. The van der Waals surface area contributed by atoms with E-state index in [-0.39, 0.29) is 16.4 Å². The molecule has 0 amide bonds. The van der Waals surface area contributed by atoms with E-state index in [2.05, 4.69) is 77.1 Å². The highest BCUT2D eigenvalue weighted by atomic mass is 28.4. The van der Waals surface area contributed by atoms with E-state index in [0.717, 1.165) is 23.9 Å². The monoisotopic (exact) mass is 401 g/mol. The molecule has 154 valence electrons. The maximum atomic E-state index is 12.3. The van der Waals surface area contributed by atoms with Crippen molar-refractivity contribution < 1.29 is 14.0 Å². The first kappa shape index (κ1) is 21.1. The number of ether oxygens (including phenoxy) is 1. The number of fused-ring (bicyclic) bond motifs is 1. The summed E-state index contributed by atoms with van der Waals surface area (Å²) in [7, 11) is -0.341. The van der Waals surface area contributed by atoms with Gasteiger partial charge in [-0.05, 0) is 54.2 Å². The topological polar surface area (TPSA) is 51.3 Å². The molecular formula is C23H35NO3Si. The van der Waals surface area contributed by atoms with Crippen molar-refractivity contribution >= 4 is 25.2 Å².